The van der Waals surface area contributed by atoms with Gasteiger partial charge in [0.2, 0.25) is 5.91 Å². The number of nitrogens with one attached hydrogen (secondary N) is 1. The fraction of sp³-hybridized carbons (Fsp3) is 0.400. The maximum Gasteiger partial charge on any atom is 0.221 e. The number of aromatic nitrogens is 2. The number of fused-ring (bicyclic) bond motifs is 1. The fourth-order valence-corrected chi connectivity index (χ4v) is 2.45. The molecule has 2 rings (SSSR count). The van der Waals surface area contributed by atoms with E-state index in [2.05, 4.69) is 16.4 Å². The zero-order chi connectivity index (χ0) is 15.4. The zero-order valence-corrected chi connectivity index (χ0v) is 12.8. The normalized spacial score (nSPS) is 10.8. The van der Waals surface area contributed by atoms with Crippen molar-refractivity contribution in [1.29, 1.82) is 5.26 Å². The summed E-state index contributed by atoms with van der Waals surface area (Å²) >= 11 is 5.93. The Bertz CT molecular complexity index is 699. The molecule has 0 spiro atoms. The Kier molecular flexibility index (Phi) is 4.81. The van der Waals surface area contributed by atoms with E-state index >= 15 is 0 Å². The highest BCUT2D eigenvalue weighted by molar-refractivity contribution is 6.16. The maximum absolute atomic E-state index is 11.8. The van der Waals surface area contributed by atoms with Gasteiger partial charge in [0, 0.05) is 19.0 Å². The molecule has 110 valence electrons. The first-order valence-electron chi connectivity index (χ1n) is 6.80. The first kappa shape index (κ1) is 15.3. The van der Waals surface area contributed by atoms with Crippen molar-refractivity contribution in [3.8, 4) is 6.07 Å². The Morgan fingerprint density at radius 2 is 2.29 bits per heavy atom. The van der Waals surface area contributed by atoms with E-state index in [9.17, 15) is 4.79 Å². The van der Waals surface area contributed by atoms with Gasteiger partial charge in [0.05, 0.1) is 17.0 Å². The summed E-state index contributed by atoms with van der Waals surface area (Å²) in [6.07, 6.45) is 0.351. The Balaban J connectivity index is 2.30. The minimum absolute atomic E-state index is 0.0104. The first-order chi connectivity index (χ1) is 10.1. The van der Waals surface area contributed by atoms with Gasteiger partial charge in [-0.2, -0.15) is 5.26 Å². The molecule has 0 unspecified atom stereocenters. The Hall–Kier alpha value is -2.06. The Morgan fingerprint density at radius 3 is 2.90 bits per heavy atom. The van der Waals surface area contributed by atoms with Crippen molar-refractivity contribution < 1.29 is 4.79 Å². The number of amides is 1. The molecule has 0 atom stereocenters. The largest absolute Gasteiger partial charge is 0.354 e. The van der Waals surface area contributed by atoms with Crippen molar-refractivity contribution in [2.75, 3.05) is 0 Å². The van der Waals surface area contributed by atoms with Gasteiger partial charge in [-0.15, -0.1) is 11.6 Å². The number of alkyl halides is 1. The predicted molar refractivity (Wildman–Crippen MR) is 81.9 cm³/mol. The molecule has 2 aromatic rings. The number of para-hydroxylation sites is 1. The molecule has 0 aliphatic rings. The number of hydrogen-bond donors (Lipinski definition) is 1. The zero-order valence-electron chi connectivity index (χ0n) is 12.1. The lowest BCUT2D eigenvalue weighted by atomic mass is 10.2. The van der Waals surface area contributed by atoms with Crippen LogP contribution in [0.15, 0.2) is 18.2 Å². The smallest absolute Gasteiger partial charge is 0.221 e. The van der Waals surface area contributed by atoms with E-state index in [0.717, 1.165) is 5.52 Å². The lowest BCUT2D eigenvalue weighted by Crippen LogP contribution is -2.30. The molecule has 0 bridgehead atoms. The van der Waals surface area contributed by atoms with Crippen LogP contribution < -0.4 is 5.32 Å². The van der Waals surface area contributed by atoms with Crippen molar-refractivity contribution in [3.05, 3.63) is 29.6 Å². The molecule has 0 saturated heterocycles. The van der Waals surface area contributed by atoms with Crippen LogP contribution in [0.1, 0.15) is 31.7 Å². The van der Waals surface area contributed by atoms with Gasteiger partial charge in [0.1, 0.15) is 17.4 Å². The molecule has 1 N–H and O–H groups in total. The summed E-state index contributed by atoms with van der Waals surface area (Å²) in [4.78, 5) is 16.2. The van der Waals surface area contributed by atoms with E-state index in [-0.39, 0.29) is 17.8 Å². The third kappa shape index (κ3) is 3.34. The molecule has 5 nitrogen and oxygen atoms in total. The molecular formula is C15H17ClN4O. The van der Waals surface area contributed by atoms with Crippen LogP contribution >= 0.6 is 11.6 Å². The van der Waals surface area contributed by atoms with Crippen LogP contribution in [0.5, 0.6) is 0 Å². The SMILES string of the molecule is CC(C)NC(=O)CCn1c(CCl)nc2c(C#N)cccc21. The van der Waals surface area contributed by atoms with E-state index < -0.39 is 0 Å². The predicted octanol–water partition coefficient (Wildman–Crippen LogP) is 2.56. The maximum atomic E-state index is 11.8. The lowest BCUT2D eigenvalue weighted by Gasteiger charge is -2.10. The van der Waals surface area contributed by atoms with Crippen LogP contribution in [-0.2, 0) is 17.2 Å². The van der Waals surface area contributed by atoms with Crippen molar-refractivity contribution in [3.63, 3.8) is 0 Å². The van der Waals surface area contributed by atoms with Crippen LogP contribution in [0, 0.1) is 11.3 Å². The second-order valence-electron chi connectivity index (χ2n) is 5.07. The topological polar surface area (TPSA) is 70.7 Å². The molecule has 0 aliphatic carbocycles. The van der Waals surface area contributed by atoms with Gasteiger partial charge < -0.3 is 9.88 Å². The molecule has 0 aliphatic heterocycles. The number of rotatable bonds is 5. The van der Waals surface area contributed by atoms with Gasteiger partial charge in [0.15, 0.2) is 0 Å². The van der Waals surface area contributed by atoms with Gasteiger partial charge >= 0.3 is 0 Å². The number of nitriles is 1. The van der Waals surface area contributed by atoms with Crippen molar-refractivity contribution in [2.24, 2.45) is 0 Å². The molecule has 0 radical (unpaired) electrons. The van der Waals surface area contributed by atoms with Crippen molar-refractivity contribution >= 4 is 28.5 Å². The van der Waals surface area contributed by atoms with Gasteiger partial charge in [-0.1, -0.05) is 6.07 Å². The van der Waals surface area contributed by atoms with Crippen molar-refractivity contribution in [1.82, 2.24) is 14.9 Å². The third-order valence-corrected chi connectivity index (χ3v) is 3.35. The average Bonchev–Trinajstić information content (AvgIpc) is 2.82. The van der Waals surface area contributed by atoms with E-state index in [1.54, 1.807) is 6.07 Å². The van der Waals surface area contributed by atoms with Crippen LogP contribution in [0.3, 0.4) is 0 Å². The summed E-state index contributed by atoms with van der Waals surface area (Å²) < 4.78 is 1.91. The fourth-order valence-electron chi connectivity index (χ4n) is 2.24. The summed E-state index contributed by atoms with van der Waals surface area (Å²) in [5, 5.41) is 12.0. The van der Waals surface area contributed by atoms with Crippen LogP contribution in [-0.4, -0.2) is 21.5 Å². The summed E-state index contributed by atoms with van der Waals surface area (Å²) in [6.45, 7) is 4.34. The summed E-state index contributed by atoms with van der Waals surface area (Å²) in [6, 6.07) is 7.67. The summed E-state index contributed by atoms with van der Waals surface area (Å²) in [5.74, 6) is 0.904. The minimum Gasteiger partial charge on any atom is -0.354 e. The van der Waals surface area contributed by atoms with E-state index in [1.807, 2.05) is 30.5 Å². The molecule has 1 aromatic carbocycles. The van der Waals surface area contributed by atoms with Crippen LogP contribution in [0.25, 0.3) is 11.0 Å². The number of halogens is 1. The van der Waals surface area contributed by atoms with Gasteiger partial charge in [-0.05, 0) is 26.0 Å². The van der Waals surface area contributed by atoms with Gasteiger partial charge in [-0.25, -0.2) is 4.98 Å². The minimum atomic E-state index is -0.0104. The number of carbonyl (C=O) groups excluding carboxylic acids is 1. The van der Waals surface area contributed by atoms with Crippen molar-refractivity contribution in [2.45, 2.75) is 38.7 Å². The highest BCUT2D eigenvalue weighted by atomic mass is 35.5. The number of nitrogens with zero attached hydrogens (tertiary/aromatic N) is 3. The number of benzene rings is 1. The Labute approximate surface area is 128 Å². The molecule has 1 amide bonds. The second kappa shape index (κ2) is 6.59. The number of imidazole rings is 1. The van der Waals surface area contributed by atoms with Crippen LogP contribution in [0.4, 0.5) is 0 Å². The summed E-state index contributed by atoms with van der Waals surface area (Å²) in [7, 11) is 0. The lowest BCUT2D eigenvalue weighted by molar-refractivity contribution is -0.121. The Morgan fingerprint density at radius 1 is 1.52 bits per heavy atom. The summed E-state index contributed by atoms with van der Waals surface area (Å²) in [5.41, 5.74) is 1.99. The number of aryl methyl sites for hydroxylation is 1. The molecule has 0 fully saturated rings. The molecular weight excluding hydrogens is 288 g/mol. The molecule has 21 heavy (non-hydrogen) atoms. The highest BCUT2D eigenvalue weighted by Gasteiger charge is 2.14. The first-order valence-corrected chi connectivity index (χ1v) is 7.33. The monoisotopic (exact) mass is 304 g/mol. The highest BCUT2D eigenvalue weighted by Crippen LogP contribution is 2.21. The van der Waals surface area contributed by atoms with E-state index in [4.69, 9.17) is 16.9 Å². The molecule has 1 aromatic heterocycles. The van der Waals surface area contributed by atoms with E-state index in [1.165, 1.54) is 0 Å². The average molecular weight is 305 g/mol. The third-order valence-electron chi connectivity index (χ3n) is 3.11. The van der Waals surface area contributed by atoms with Gasteiger partial charge in [-0.3, -0.25) is 4.79 Å². The standard InChI is InChI=1S/C15H17ClN4O/c1-10(2)18-14(21)6-7-20-12-5-3-4-11(9-17)15(12)19-13(20)8-16/h3-5,10H,6-8H2,1-2H3,(H,18,21). The molecule has 6 heteroatoms. The van der Waals surface area contributed by atoms with Gasteiger partial charge in [0.25, 0.3) is 0 Å². The molecule has 0 saturated carbocycles. The molecule has 1 heterocycles. The number of hydrogen-bond acceptors (Lipinski definition) is 3. The second-order valence-corrected chi connectivity index (χ2v) is 5.34. The quantitative estimate of drug-likeness (QED) is 0.863. The van der Waals surface area contributed by atoms with E-state index in [0.29, 0.717) is 29.9 Å². The van der Waals surface area contributed by atoms with Crippen LogP contribution in [0.2, 0.25) is 0 Å². The number of carbonyl (C=O) groups is 1.